The van der Waals surface area contributed by atoms with Gasteiger partial charge < -0.3 is 20.7 Å². The van der Waals surface area contributed by atoms with Crippen LogP contribution in [0.25, 0.3) is 11.1 Å². The van der Waals surface area contributed by atoms with Crippen molar-refractivity contribution in [2.45, 2.75) is 20.0 Å². The summed E-state index contributed by atoms with van der Waals surface area (Å²) in [6.45, 7) is 2.10. The number of benzene rings is 3. The van der Waals surface area contributed by atoms with E-state index in [-0.39, 0.29) is 23.8 Å². The van der Waals surface area contributed by atoms with Crippen molar-refractivity contribution in [3.05, 3.63) is 82.9 Å². The lowest BCUT2D eigenvalue weighted by Gasteiger charge is -2.12. The highest BCUT2D eigenvalue weighted by molar-refractivity contribution is 5.96. The molecule has 0 saturated heterocycles. The Labute approximate surface area is 168 Å². The lowest BCUT2D eigenvalue weighted by molar-refractivity contribution is 0.0696. The number of carbonyl (C=O) groups is 1. The Hall–Kier alpha value is -3.80. The Balaban J connectivity index is 1.91. The van der Waals surface area contributed by atoms with Crippen molar-refractivity contribution in [3.8, 4) is 22.6 Å². The third-order valence-electron chi connectivity index (χ3n) is 4.59. The molecule has 0 atom stereocenters. The first-order valence-corrected chi connectivity index (χ1v) is 9.14. The number of aromatic carboxylic acids is 1. The van der Waals surface area contributed by atoms with E-state index < -0.39 is 5.97 Å². The van der Waals surface area contributed by atoms with Gasteiger partial charge in [-0.3, -0.25) is 5.41 Å². The second-order valence-corrected chi connectivity index (χ2v) is 6.65. The lowest BCUT2D eigenvalue weighted by Crippen LogP contribution is -2.10. The molecule has 148 valence electrons. The summed E-state index contributed by atoms with van der Waals surface area (Å²) in [4.78, 5) is 11.6. The van der Waals surface area contributed by atoms with E-state index in [1.807, 2.05) is 19.1 Å². The Morgan fingerprint density at radius 2 is 1.79 bits per heavy atom. The van der Waals surface area contributed by atoms with Crippen LogP contribution >= 0.6 is 0 Å². The van der Waals surface area contributed by atoms with E-state index in [0.29, 0.717) is 22.4 Å². The zero-order chi connectivity index (χ0) is 21.0. The number of phenolic OH excluding ortho intramolecular Hbond substituents is 1. The van der Waals surface area contributed by atoms with Crippen LogP contribution in [-0.4, -0.2) is 22.0 Å². The van der Waals surface area contributed by atoms with Crippen molar-refractivity contribution >= 4 is 11.8 Å². The highest BCUT2D eigenvalue weighted by Gasteiger charge is 2.11. The first-order valence-electron chi connectivity index (χ1n) is 9.14. The van der Waals surface area contributed by atoms with Crippen molar-refractivity contribution in [3.63, 3.8) is 0 Å². The molecular weight excluding hydrogens is 368 g/mol. The first-order chi connectivity index (χ1) is 13.9. The zero-order valence-electron chi connectivity index (χ0n) is 16.0. The molecule has 0 fully saturated rings. The minimum Gasteiger partial charge on any atom is -0.508 e. The quantitative estimate of drug-likeness (QED) is 0.357. The number of rotatable bonds is 7. The van der Waals surface area contributed by atoms with E-state index in [9.17, 15) is 15.0 Å². The van der Waals surface area contributed by atoms with Gasteiger partial charge in [-0.15, -0.1) is 0 Å². The van der Waals surface area contributed by atoms with Gasteiger partial charge in [0, 0.05) is 11.6 Å². The molecule has 0 unspecified atom stereocenters. The van der Waals surface area contributed by atoms with E-state index in [2.05, 4.69) is 0 Å². The minimum absolute atomic E-state index is 0.0554. The summed E-state index contributed by atoms with van der Waals surface area (Å²) in [5.74, 6) is -0.424. The van der Waals surface area contributed by atoms with Gasteiger partial charge in [0.1, 0.15) is 23.9 Å². The van der Waals surface area contributed by atoms with Crippen molar-refractivity contribution in [1.82, 2.24) is 0 Å². The summed E-state index contributed by atoms with van der Waals surface area (Å²) in [6.07, 6.45) is 0.718. The lowest BCUT2D eigenvalue weighted by atomic mass is 9.98. The van der Waals surface area contributed by atoms with Crippen molar-refractivity contribution in [2.24, 2.45) is 5.73 Å². The van der Waals surface area contributed by atoms with Crippen LogP contribution in [0.3, 0.4) is 0 Å². The number of amidine groups is 1. The number of aryl methyl sites for hydroxylation is 1. The summed E-state index contributed by atoms with van der Waals surface area (Å²) < 4.78 is 5.75. The number of phenols is 1. The van der Waals surface area contributed by atoms with Gasteiger partial charge >= 0.3 is 5.97 Å². The van der Waals surface area contributed by atoms with Gasteiger partial charge in [0.15, 0.2) is 0 Å². The molecule has 3 aromatic carbocycles. The molecule has 3 aromatic rings. The number of nitrogens with one attached hydrogen (secondary N) is 1. The maximum atomic E-state index is 11.6. The molecule has 0 heterocycles. The smallest absolute Gasteiger partial charge is 0.335 e. The summed E-state index contributed by atoms with van der Waals surface area (Å²) in [6, 6.07) is 17.2. The molecule has 5 N–H and O–H groups in total. The van der Waals surface area contributed by atoms with E-state index in [4.69, 9.17) is 15.9 Å². The number of ether oxygens (including phenoxy) is 1. The van der Waals surface area contributed by atoms with E-state index >= 15 is 0 Å². The molecule has 0 aliphatic rings. The molecule has 29 heavy (non-hydrogen) atoms. The zero-order valence-corrected chi connectivity index (χ0v) is 16.0. The van der Waals surface area contributed by atoms with Gasteiger partial charge in [0.25, 0.3) is 0 Å². The van der Waals surface area contributed by atoms with Crippen LogP contribution in [0.2, 0.25) is 0 Å². The van der Waals surface area contributed by atoms with Crippen LogP contribution in [0, 0.1) is 5.41 Å². The Kier molecular flexibility index (Phi) is 5.83. The summed E-state index contributed by atoms with van der Waals surface area (Å²) in [7, 11) is 0. The van der Waals surface area contributed by atoms with E-state index in [0.717, 1.165) is 17.5 Å². The molecule has 0 aromatic heterocycles. The van der Waals surface area contributed by atoms with Gasteiger partial charge in [0.05, 0.1) is 5.56 Å². The first kappa shape index (κ1) is 19.9. The second-order valence-electron chi connectivity index (χ2n) is 6.65. The molecular formula is C23H22N2O4. The fraction of sp³-hybridized carbons (Fsp3) is 0.130. The number of nitrogen functional groups attached to an aromatic ring is 1. The molecule has 0 radical (unpaired) electrons. The summed E-state index contributed by atoms with van der Waals surface area (Å²) in [5, 5.41) is 27.1. The molecule has 6 heteroatoms. The fourth-order valence-electron chi connectivity index (χ4n) is 3.03. The molecule has 0 saturated carbocycles. The maximum Gasteiger partial charge on any atom is 0.335 e. The Bertz CT molecular complexity index is 1080. The van der Waals surface area contributed by atoms with Crippen LogP contribution in [-0.2, 0) is 13.0 Å². The molecule has 0 spiro atoms. The van der Waals surface area contributed by atoms with Crippen molar-refractivity contribution in [2.75, 3.05) is 0 Å². The van der Waals surface area contributed by atoms with Crippen LogP contribution in [0.5, 0.6) is 11.5 Å². The highest BCUT2D eigenvalue weighted by Crippen LogP contribution is 2.27. The average Bonchev–Trinajstić information content (AvgIpc) is 2.72. The molecule has 0 aliphatic carbocycles. The van der Waals surface area contributed by atoms with Gasteiger partial charge in [-0.25, -0.2) is 4.79 Å². The Morgan fingerprint density at radius 1 is 1.03 bits per heavy atom. The predicted molar refractivity (Wildman–Crippen MR) is 112 cm³/mol. The number of carboxylic acids is 1. The number of hydrogen-bond donors (Lipinski definition) is 4. The topological polar surface area (TPSA) is 117 Å². The number of aromatic hydroxyl groups is 1. The third-order valence-corrected chi connectivity index (χ3v) is 4.59. The largest absolute Gasteiger partial charge is 0.508 e. The van der Waals surface area contributed by atoms with E-state index in [1.165, 1.54) is 0 Å². The van der Waals surface area contributed by atoms with Gasteiger partial charge in [-0.2, -0.15) is 0 Å². The predicted octanol–water partition coefficient (Wildman–Crippen LogP) is 4.18. The third kappa shape index (κ3) is 4.73. The summed E-state index contributed by atoms with van der Waals surface area (Å²) >= 11 is 0. The standard InChI is InChI=1S/C23H22N2O4/c1-2-15-6-7-20(12-21(15)26)29-13-14-8-18(11-19(9-14)23(27)28)16-4-3-5-17(10-16)22(24)25/h3-12,26H,2,13H2,1H3,(H3,24,25)(H,27,28). The minimum atomic E-state index is -1.04. The highest BCUT2D eigenvalue weighted by atomic mass is 16.5. The number of hydrogen-bond acceptors (Lipinski definition) is 4. The maximum absolute atomic E-state index is 11.6. The van der Waals surface area contributed by atoms with Crippen LogP contribution < -0.4 is 10.5 Å². The molecule has 3 rings (SSSR count). The monoisotopic (exact) mass is 390 g/mol. The van der Waals surface area contributed by atoms with Crippen LogP contribution in [0.15, 0.2) is 60.7 Å². The Morgan fingerprint density at radius 3 is 2.45 bits per heavy atom. The van der Waals surface area contributed by atoms with Crippen molar-refractivity contribution in [1.29, 1.82) is 5.41 Å². The number of carboxylic acid groups (broad SMARTS) is 1. The fourth-order valence-corrected chi connectivity index (χ4v) is 3.03. The molecule has 0 aliphatic heterocycles. The average molecular weight is 390 g/mol. The molecule has 6 nitrogen and oxygen atoms in total. The van der Waals surface area contributed by atoms with Gasteiger partial charge in [-0.1, -0.05) is 31.2 Å². The molecule has 0 bridgehead atoms. The van der Waals surface area contributed by atoms with Gasteiger partial charge in [-0.05, 0) is 59.0 Å². The van der Waals surface area contributed by atoms with E-state index in [1.54, 1.807) is 48.5 Å². The summed E-state index contributed by atoms with van der Waals surface area (Å²) in [5.41, 5.74) is 9.21. The second kappa shape index (κ2) is 8.48. The SMILES string of the molecule is CCc1ccc(OCc2cc(C(=O)O)cc(-c3cccc(C(=N)N)c3)c2)cc1O. The van der Waals surface area contributed by atoms with Gasteiger partial charge in [0.2, 0.25) is 0 Å². The van der Waals surface area contributed by atoms with Crippen LogP contribution in [0.4, 0.5) is 0 Å². The van der Waals surface area contributed by atoms with Crippen molar-refractivity contribution < 1.29 is 19.7 Å². The normalized spacial score (nSPS) is 10.5. The molecule has 0 amide bonds. The number of nitrogens with two attached hydrogens (primary N) is 1. The van der Waals surface area contributed by atoms with Crippen LogP contribution in [0.1, 0.15) is 34.0 Å².